The summed E-state index contributed by atoms with van der Waals surface area (Å²) in [6.07, 6.45) is 1.03. The summed E-state index contributed by atoms with van der Waals surface area (Å²) in [6, 6.07) is 12.6. The number of nitrogens with one attached hydrogen (secondary N) is 1. The third-order valence-corrected chi connectivity index (χ3v) is 5.73. The van der Waals surface area contributed by atoms with E-state index in [9.17, 15) is 4.79 Å². The zero-order valence-electron chi connectivity index (χ0n) is 15.3. The summed E-state index contributed by atoms with van der Waals surface area (Å²) in [5, 5.41) is 14.8. The lowest BCUT2D eigenvalue weighted by atomic mass is 10.00. The van der Waals surface area contributed by atoms with Crippen LogP contribution in [0.3, 0.4) is 0 Å². The smallest absolute Gasteiger partial charge is 0.242 e. The fourth-order valence-corrected chi connectivity index (χ4v) is 4.14. The number of carbonyl (C=O) groups is 1. The third kappa shape index (κ3) is 4.40. The van der Waals surface area contributed by atoms with Crippen molar-refractivity contribution in [1.29, 1.82) is 0 Å². The van der Waals surface area contributed by atoms with E-state index in [1.807, 2.05) is 6.07 Å². The van der Waals surface area contributed by atoms with E-state index in [2.05, 4.69) is 63.0 Å². The maximum absolute atomic E-state index is 12.3. The topological polar surface area (TPSA) is 75.9 Å². The van der Waals surface area contributed by atoms with Gasteiger partial charge in [-0.15, -0.1) is 16.4 Å². The summed E-state index contributed by atoms with van der Waals surface area (Å²) in [5.41, 5.74) is 2.77. The number of hydrogen-bond acceptors (Lipinski definition) is 6. The van der Waals surface area contributed by atoms with Crippen LogP contribution < -0.4 is 5.32 Å². The van der Waals surface area contributed by atoms with E-state index < -0.39 is 0 Å². The number of benzene rings is 1. The molecule has 140 valence electrons. The van der Waals surface area contributed by atoms with Gasteiger partial charge >= 0.3 is 0 Å². The van der Waals surface area contributed by atoms with Crippen molar-refractivity contribution in [2.24, 2.45) is 0 Å². The molecule has 7 nitrogen and oxygen atoms in total. The van der Waals surface area contributed by atoms with Crippen molar-refractivity contribution < 1.29 is 4.79 Å². The number of aryl methyl sites for hydroxylation is 1. The van der Waals surface area contributed by atoms with Gasteiger partial charge in [0.15, 0.2) is 5.82 Å². The Labute approximate surface area is 162 Å². The highest BCUT2D eigenvalue weighted by atomic mass is 32.1. The van der Waals surface area contributed by atoms with Crippen LogP contribution in [0.2, 0.25) is 0 Å². The van der Waals surface area contributed by atoms with Crippen LogP contribution in [-0.2, 0) is 37.4 Å². The number of tetrazole rings is 1. The first-order chi connectivity index (χ1) is 13.2. The average Bonchev–Trinajstić information content (AvgIpc) is 3.29. The summed E-state index contributed by atoms with van der Waals surface area (Å²) < 4.78 is 1.59. The van der Waals surface area contributed by atoms with Gasteiger partial charge in [0.05, 0.1) is 13.1 Å². The Bertz CT molecular complexity index is 934. The molecule has 27 heavy (non-hydrogen) atoms. The number of hydrogen-bond donors (Lipinski definition) is 1. The number of fused-ring (bicyclic) bond motifs is 1. The maximum atomic E-state index is 12.3. The number of amides is 1. The molecule has 0 saturated heterocycles. The van der Waals surface area contributed by atoms with Gasteiger partial charge < -0.3 is 5.32 Å². The minimum Gasteiger partial charge on any atom is -0.350 e. The molecule has 3 aromatic rings. The Balaban J connectivity index is 1.33. The molecule has 1 aliphatic rings. The molecule has 3 heterocycles. The second-order valence-electron chi connectivity index (χ2n) is 6.77. The van der Waals surface area contributed by atoms with Gasteiger partial charge in [-0.1, -0.05) is 24.3 Å². The quantitative estimate of drug-likeness (QED) is 0.705. The van der Waals surface area contributed by atoms with Crippen LogP contribution in [0.4, 0.5) is 0 Å². The van der Waals surface area contributed by atoms with Crippen molar-refractivity contribution in [2.45, 2.75) is 39.5 Å². The van der Waals surface area contributed by atoms with Gasteiger partial charge in [-0.25, -0.2) is 4.68 Å². The first-order valence-corrected chi connectivity index (χ1v) is 9.85. The molecule has 0 bridgehead atoms. The van der Waals surface area contributed by atoms with Gasteiger partial charge in [0.25, 0.3) is 0 Å². The van der Waals surface area contributed by atoms with Crippen LogP contribution in [0, 0.1) is 6.92 Å². The van der Waals surface area contributed by atoms with Gasteiger partial charge in [0, 0.05) is 22.8 Å². The van der Waals surface area contributed by atoms with E-state index in [4.69, 9.17) is 0 Å². The second-order valence-corrected chi connectivity index (χ2v) is 8.14. The van der Waals surface area contributed by atoms with Crippen LogP contribution in [0.5, 0.6) is 0 Å². The van der Waals surface area contributed by atoms with Gasteiger partial charge in [-0.2, -0.15) is 0 Å². The Morgan fingerprint density at radius 1 is 1.22 bits per heavy atom. The molecule has 0 atom stereocenters. The molecule has 1 amide bonds. The summed E-state index contributed by atoms with van der Waals surface area (Å²) in [5.74, 6) is 0.634. The maximum Gasteiger partial charge on any atom is 0.242 e. The zero-order chi connectivity index (χ0) is 18.6. The molecule has 4 rings (SSSR count). The van der Waals surface area contributed by atoms with Crippen molar-refractivity contribution in [1.82, 2.24) is 30.4 Å². The lowest BCUT2D eigenvalue weighted by Gasteiger charge is -2.28. The largest absolute Gasteiger partial charge is 0.350 e. The molecule has 0 aliphatic carbocycles. The monoisotopic (exact) mass is 382 g/mol. The fourth-order valence-electron chi connectivity index (χ4n) is 3.31. The first-order valence-electron chi connectivity index (χ1n) is 9.03. The van der Waals surface area contributed by atoms with E-state index >= 15 is 0 Å². The van der Waals surface area contributed by atoms with Gasteiger partial charge in [-0.05, 0) is 47.0 Å². The number of nitrogens with zero attached hydrogens (tertiary/aromatic N) is 5. The van der Waals surface area contributed by atoms with Crippen molar-refractivity contribution >= 4 is 17.2 Å². The van der Waals surface area contributed by atoms with E-state index in [1.54, 1.807) is 16.0 Å². The molecule has 0 spiro atoms. The molecule has 1 aliphatic heterocycles. The van der Waals surface area contributed by atoms with Crippen LogP contribution in [0.15, 0.2) is 36.4 Å². The van der Waals surface area contributed by atoms with Crippen molar-refractivity contribution in [3.05, 3.63) is 63.1 Å². The van der Waals surface area contributed by atoms with E-state index in [1.165, 1.54) is 16.0 Å². The summed E-state index contributed by atoms with van der Waals surface area (Å²) >= 11 is 1.69. The number of carbonyl (C=O) groups excluding carboxylic acids is 1. The van der Waals surface area contributed by atoms with Gasteiger partial charge in [0.2, 0.25) is 5.91 Å². The summed E-state index contributed by atoms with van der Waals surface area (Å²) in [7, 11) is 0. The highest BCUT2D eigenvalue weighted by Crippen LogP contribution is 2.19. The third-order valence-electron chi connectivity index (χ3n) is 4.73. The minimum absolute atomic E-state index is 0.0846. The standard InChI is InChI=1S/C19H22N6OS/c1-14-6-7-17(27-14)10-20-19(26)13-25-18(21-22-23-25)12-24-9-8-15-4-2-3-5-16(15)11-24/h2-7H,8-13H2,1H3,(H,20,26). The predicted octanol–water partition coefficient (Wildman–Crippen LogP) is 1.92. The normalized spacial score (nSPS) is 14.1. The second kappa shape index (κ2) is 7.98. The van der Waals surface area contributed by atoms with E-state index in [-0.39, 0.29) is 12.5 Å². The molecule has 0 unspecified atom stereocenters. The Morgan fingerprint density at radius 3 is 2.89 bits per heavy atom. The molecule has 2 aromatic heterocycles. The molecule has 8 heteroatoms. The molecule has 1 N–H and O–H groups in total. The summed E-state index contributed by atoms with van der Waals surface area (Å²) in [4.78, 5) is 17.0. The van der Waals surface area contributed by atoms with Crippen molar-refractivity contribution in [2.75, 3.05) is 6.54 Å². The van der Waals surface area contributed by atoms with E-state index in [0.717, 1.165) is 30.2 Å². The Morgan fingerprint density at radius 2 is 2.07 bits per heavy atom. The minimum atomic E-state index is -0.0846. The van der Waals surface area contributed by atoms with Crippen molar-refractivity contribution in [3.63, 3.8) is 0 Å². The van der Waals surface area contributed by atoms with Crippen LogP contribution in [-0.4, -0.2) is 37.6 Å². The number of aromatic nitrogens is 4. The summed E-state index contributed by atoms with van der Waals surface area (Å²) in [6.45, 7) is 5.22. The fraction of sp³-hybridized carbons (Fsp3) is 0.368. The van der Waals surface area contributed by atoms with Gasteiger partial charge in [0.1, 0.15) is 6.54 Å². The Hall–Kier alpha value is -2.58. The highest BCUT2D eigenvalue weighted by molar-refractivity contribution is 7.11. The highest BCUT2D eigenvalue weighted by Gasteiger charge is 2.19. The SMILES string of the molecule is Cc1ccc(CNC(=O)Cn2nnnc2CN2CCc3ccccc3C2)s1. The molecule has 0 fully saturated rings. The number of rotatable bonds is 6. The Kier molecular flexibility index (Phi) is 5.26. The first kappa shape index (κ1) is 17.8. The molecule has 0 radical (unpaired) electrons. The zero-order valence-corrected chi connectivity index (χ0v) is 16.1. The van der Waals surface area contributed by atoms with Crippen LogP contribution >= 0.6 is 11.3 Å². The van der Waals surface area contributed by atoms with Crippen LogP contribution in [0.1, 0.15) is 26.7 Å². The van der Waals surface area contributed by atoms with Gasteiger partial charge in [-0.3, -0.25) is 9.69 Å². The van der Waals surface area contributed by atoms with E-state index in [0.29, 0.717) is 13.1 Å². The lowest BCUT2D eigenvalue weighted by Crippen LogP contribution is -2.32. The average molecular weight is 382 g/mol. The molecular formula is C19H22N6OS. The predicted molar refractivity (Wildman–Crippen MR) is 103 cm³/mol. The van der Waals surface area contributed by atoms with Crippen molar-refractivity contribution in [3.8, 4) is 0 Å². The molecule has 0 saturated carbocycles. The lowest BCUT2D eigenvalue weighted by molar-refractivity contribution is -0.122. The number of thiophene rings is 1. The van der Waals surface area contributed by atoms with Crippen LogP contribution in [0.25, 0.3) is 0 Å². The molecular weight excluding hydrogens is 360 g/mol. The molecule has 1 aromatic carbocycles.